The topological polar surface area (TPSA) is 77.7 Å². The lowest BCUT2D eigenvalue weighted by molar-refractivity contribution is -0.138. The van der Waals surface area contributed by atoms with E-state index in [4.69, 9.17) is 25.6 Å². The number of ether oxygens (including phenoxy) is 2. The van der Waals surface area contributed by atoms with E-state index in [0.717, 1.165) is 5.75 Å². The van der Waals surface area contributed by atoms with Crippen LogP contribution in [0.5, 0.6) is 11.5 Å². The van der Waals surface area contributed by atoms with E-state index >= 15 is 0 Å². The van der Waals surface area contributed by atoms with Crippen LogP contribution in [-0.2, 0) is 11.3 Å². The average molecular weight is 416 g/mol. The van der Waals surface area contributed by atoms with Gasteiger partial charge in [0.1, 0.15) is 11.5 Å². The standard InChI is InChI=1S/C21H22ClN3O4/c1-4-18(28-15-11-9-14(27-3)10-12-15)21(26)25(2)13-19-23-20(24-29-19)16-7-5-6-8-17(16)22/h5-12,18H,4,13H2,1-3H3. The second-order valence-corrected chi connectivity index (χ2v) is 6.78. The Morgan fingerprint density at radius 2 is 1.86 bits per heavy atom. The smallest absolute Gasteiger partial charge is 0.263 e. The number of likely N-dealkylation sites (N-methyl/N-ethyl adjacent to an activating group) is 1. The SMILES string of the molecule is CCC(Oc1ccc(OC)cc1)C(=O)N(C)Cc1nc(-c2ccccc2Cl)no1. The van der Waals surface area contributed by atoms with E-state index < -0.39 is 6.10 Å². The number of hydrogen-bond acceptors (Lipinski definition) is 6. The molecule has 152 valence electrons. The number of amides is 1. The molecule has 0 aliphatic heterocycles. The predicted molar refractivity (Wildman–Crippen MR) is 109 cm³/mol. The number of benzene rings is 2. The highest BCUT2D eigenvalue weighted by Gasteiger charge is 2.24. The van der Waals surface area contributed by atoms with Gasteiger partial charge in [-0.2, -0.15) is 4.98 Å². The number of hydrogen-bond donors (Lipinski definition) is 0. The van der Waals surface area contributed by atoms with Crippen molar-refractivity contribution in [2.45, 2.75) is 26.0 Å². The molecule has 8 heteroatoms. The van der Waals surface area contributed by atoms with Crippen LogP contribution in [0.25, 0.3) is 11.4 Å². The number of halogens is 1. The predicted octanol–water partition coefficient (Wildman–Crippen LogP) is 4.21. The molecule has 0 radical (unpaired) electrons. The molecule has 0 bridgehead atoms. The normalized spacial score (nSPS) is 11.7. The van der Waals surface area contributed by atoms with E-state index in [1.807, 2.05) is 25.1 Å². The van der Waals surface area contributed by atoms with Gasteiger partial charge in [0, 0.05) is 12.6 Å². The van der Waals surface area contributed by atoms with Crippen molar-refractivity contribution in [2.75, 3.05) is 14.2 Å². The quantitative estimate of drug-likeness (QED) is 0.548. The van der Waals surface area contributed by atoms with Crippen molar-refractivity contribution in [1.82, 2.24) is 15.0 Å². The van der Waals surface area contributed by atoms with Crippen molar-refractivity contribution < 1.29 is 18.8 Å². The van der Waals surface area contributed by atoms with Gasteiger partial charge in [0.15, 0.2) is 6.10 Å². The highest BCUT2D eigenvalue weighted by molar-refractivity contribution is 6.33. The zero-order chi connectivity index (χ0) is 20.8. The van der Waals surface area contributed by atoms with Crippen LogP contribution >= 0.6 is 11.6 Å². The summed E-state index contributed by atoms with van der Waals surface area (Å²) in [6.45, 7) is 2.06. The Hall–Kier alpha value is -3.06. The van der Waals surface area contributed by atoms with Crippen LogP contribution in [0.4, 0.5) is 0 Å². The molecular formula is C21H22ClN3O4. The van der Waals surface area contributed by atoms with E-state index in [0.29, 0.717) is 34.5 Å². The van der Waals surface area contributed by atoms with Crippen molar-refractivity contribution >= 4 is 17.5 Å². The molecular weight excluding hydrogens is 394 g/mol. The molecule has 7 nitrogen and oxygen atoms in total. The van der Waals surface area contributed by atoms with Crippen LogP contribution in [0, 0.1) is 0 Å². The molecule has 29 heavy (non-hydrogen) atoms. The number of rotatable bonds is 8. The van der Waals surface area contributed by atoms with E-state index in [9.17, 15) is 4.79 Å². The summed E-state index contributed by atoms with van der Waals surface area (Å²) < 4.78 is 16.3. The first kappa shape index (κ1) is 20.7. The Balaban J connectivity index is 1.65. The second-order valence-electron chi connectivity index (χ2n) is 6.38. The Morgan fingerprint density at radius 1 is 1.17 bits per heavy atom. The summed E-state index contributed by atoms with van der Waals surface area (Å²) in [7, 11) is 3.26. The third-order valence-corrected chi connectivity index (χ3v) is 4.65. The number of carbonyl (C=O) groups excluding carboxylic acids is 1. The van der Waals surface area contributed by atoms with E-state index in [1.165, 1.54) is 4.90 Å². The van der Waals surface area contributed by atoms with Gasteiger partial charge >= 0.3 is 0 Å². The zero-order valence-corrected chi connectivity index (χ0v) is 17.2. The van der Waals surface area contributed by atoms with Gasteiger partial charge in [0.05, 0.1) is 18.7 Å². The van der Waals surface area contributed by atoms with Crippen molar-refractivity contribution in [3.8, 4) is 22.9 Å². The van der Waals surface area contributed by atoms with Gasteiger partial charge in [-0.3, -0.25) is 4.79 Å². The van der Waals surface area contributed by atoms with Gasteiger partial charge in [0.25, 0.3) is 5.91 Å². The minimum atomic E-state index is -0.626. The molecule has 1 amide bonds. The molecule has 3 rings (SSSR count). The lowest BCUT2D eigenvalue weighted by atomic mass is 10.2. The lowest BCUT2D eigenvalue weighted by Crippen LogP contribution is -2.39. The number of aromatic nitrogens is 2. The first-order valence-corrected chi connectivity index (χ1v) is 9.52. The van der Waals surface area contributed by atoms with Crippen LogP contribution in [0.15, 0.2) is 53.1 Å². The maximum atomic E-state index is 12.8. The molecule has 0 saturated carbocycles. The van der Waals surface area contributed by atoms with Crippen molar-refractivity contribution in [3.05, 3.63) is 59.4 Å². The van der Waals surface area contributed by atoms with Crippen LogP contribution < -0.4 is 9.47 Å². The highest BCUT2D eigenvalue weighted by Crippen LogP contribution is 2.25. The molecule has 1 atom stereocenters. The average Bonchev–Trinajstić information content (AvgIpc) is 3.20. The maximum Gasteiger partial charge on any atom is 0.263 e. The fraction of sp³-hybridized carbons (Fsp3) is 0.286. The first-order valence-electron chi connectivity index (χ1n) is 9.15. The molecule has 1 aromatic heterocycles. The van der Waals surface area contributed by atoms with Gasteiger partial charge in [-0.15, -0.1) is 0 Å². The van der Waals surface area contributed by atoms with Gasteiger partial charge < -0.3 is 18.9 Å². The zero-order valence-electron chi connectivity index (χ0n) is 16.5. The lowest BCUT2D eigenvalue weighted by Gasteiger charge is -2.22. The van der Waals surface area contributed by atoms with Gasteiger partial charge in [-0.25, -0.2) is 0 Å². The second kappa shape index (κ2) is 9.43. The Labute approximate surface area is 174 Å². The minimum Gasteiger partial charge on any atom is -0.497 e. The van der Waals surface area contributed by atoms with E-state index in [1.54, 1.807) is 44.5 Å². The van der Waals surface area contributed by atoms with Crippen molar-refractivity contribution in [3.63, 3.8) is 0 Å². The molecule has 3 aromatic rings. The molecule has 0 spiro atoms. The molecule has 1 unspecified atom stereocenters. The summed E-state index contributed by atoms with van der Waals surface area (Å²) >= 11 is 6.17. The van der Waals surface area contributed by atoms with Crippen molar-refractivity contribution in [2.24, 2.45) is 0 Å². The summed E-state index contributed by atoms with van der Waals surface area (Å²) in [5.41, 5.74) is 0.674. The molecule has 0 fully saturated rings. The fourth-order valence-electron chi connectivity index (χ4n) is 2.72. The highest BCUT2D eigenvalue weighted by atomic mass is 35.5. The van der Waals surface area contributed by atoms with Crippen LogP contribution in [0.2, 0.25) is 5.02 Å². The molecule has 1 heterocycles. The minimum absolute atomic E-state index is 0.165. The van der Waals surface area contributed by atoms with Gasteiger partial charge in [0.2, 0.25) is 11.7 Å². The number of nitrogens with zero attached hydrogens (tertiary/aromatic N) is 3. The summed E-state index contributed by atoms with van der Waals surface area (Å²) in [5.74, 6) is 1.83. The molecule has 0 N–H and O–H groups in total. The van der Waals surface area contributed by atoms with Crippen LogP contribution in [0.1, 0.15) is 19.2 Å². The third kappa shape index (κ3) is 5.06. The van der Waals surface area contributed by atoms with Crippen molar-refractivity contribution in [1.29, 1.82) is 0 Å². The summed E-state index contributed by atoms with van der Waals surface area (Å²) in [5, 5.41) is 4.49. The monoisotopic (exact) mass is 415 g/mol. The Kier molecular flexibility index (Phi) is 6.72. The number of methoxy groups -OCH3 is 1. The number of carbonyl (C=O) groups is 1. The maximum absolute atomic E-state index is 12.8. The Bertz CT molecular complexity index is 959. The van der Waals surface area contributed by atoms with Gasteiger partial charge in [-0.05, 0) is 42.8 Å². The molecule has 2 aromatic carbocycles. The first-order chi connectivity index (χ1) is 14.0. The molecule has 0 aliphatic rings. The molecule has 0 saturated heterocycles. The fourth-order valence-corrected chi connectivity index (χ4v) is 2.94. The van der Waals surface area contributed by atoms with Crippen LogP contribution in [0.3, 0.4) is 0 Å². The third-order valence-electron chi connectivity index (χ3n) is 4.32. The van der Waals surface area contributed by atoms with E-state index in [-0.39, 0.29) is 12.5 Å². The largest absolute Gasteiger partial charge is 0.497 e. The van der Waals surface area contributed by atoms with Gasteiger partial charge in [-0.1, -0.05) is 35.8 Å². The summed E-state index contributed by atoms with van der Waals surface area (Å²) in [6, 6.07) is 14.3. The van der Waals surface area contributed by atoms with Crippen LogP contribution in [-0.4, -0.2) is 41.2 Å². The molecule has 0 aliphatic carbocycles. The van der Waals surface area contributed by atoms with E-state index in [2.05, 4.69) is 10.1 Å². The Morgan fingerprint density at radius 3 is 2.52 bits per heavy atom. The summed E-state index contributed by atoms with van der Waals surface area (Å²) in [6.07, 6.45) is -0.108. The summed E-state index contributed by atoms with van der Waals surface area (Å²) in [4.78, 5) is 18.6.